The average molecular weight is 323 g/mol. The minimum atomic E-state index is -3.37. The summed E-state index contributed by atoms with van der Waals surface area (Å²) in [5.41, 5.74) is -0.0441. The Labute approximate surface area is 136 Å². The Morgan fingerprint density at radius 1 is 1.26 bits per heavy atom. The van der Waals surface area contributed by atoms with Crippen LogP contribution >= 0.6 is 0 Å². The molecule has 1 rings (SSSR count). The number of allylic oxidation sites excluding steroid dienone is 2. The fraction of sp³-hybridized carbons (Fsp3) is 0.444. The van der Waals surface area contributed by atoms with Gasteiger partial charge in [-0.15, -0.1) is 0 Å². The van der Waals surface area contributed by atoms with E-state index in [2.05, 4.69) is 4.99 Å². The van der Waals surface area contributed by atoms with E-state index >= 15 is 0 Å². The molecule has 0 amide bonds. The van der Waals surface area contributed by atoms with Gasteiger partial charge in [0.1, 0.15) is 5.75 Å². The van der Waals surface area contributed by atoms with Gasteiger partial charge in [0, 0.05) is 24.8 Å². The highest BCUT2D eigenvalue weighted by atomic mass is 19.3. The van der Waals surface area contributed by atoms with Gasteiger partial charge in [0.25, 0.3) is 0 Å². The van der Waals surface area contributed by atoms with Crippen molar-refractivity contribution in [3.63, 3.8) is 0 Å². The zero-order valence-corrected chi connectivity index (χ0v) is 13.6. The topological polar surface area (TPSA) is 38.7 Å². The van der Waals surface area contributed by atoms with Gasteiger partial charge >= 0.3 is 5.92 Å². The molecule has 0 aliphatic rings. The monoisotopic (exact) mass is 323 g/mol. The number of rotatable bonds is 10. The summed E-state index contributed by atoms with van der Waals surface area (Å²) < 4.78 is 33.3. The largest absolute Gasteiger partial charge is 0.494 e. The summed E-state index contributed by atoms with van der Waals surface area (Å²) in [5, 5.41) is 0. The lowest BCUT2D eigenvalue weighted by Crippen LogP contribution is -2.30. The Kier molecular flexibility index (Phi) is 8.16. The van der Waals surface area contributed by atoms with Gasteiger partial charge in [0.05, 0.1) is 6.61 Å². The number of para-hydroxylation sites is 1. The normalized spacial score (nSPS) is 12.6. The second kappa shape index (κ2) is 9.87. The zero-order valence-electron chi connectivity index (χ0n) is 13.6. The van der Waals surface area contributed by atoms with Gasteiger partial charge in [0.2, 0.25) is 5.78 Å². The highest BCUT2D eigenvalue weighted by molar-refractivity contribution is 6.16. The van der Waals surface area contributed by atoms with E-state index in [0.717, 1.165) is 0 Å². The van der Waals surface area contributed by atoms with Gasteiger partial charge in [-0.05, 0) is 38.8 Å². The number of Topliss-reactive ketones (excluding diaryl/α,β-unsaturated/α-hetero) is 1. The number of hydrogen-bond donors (Lipinski definition) is 0. The summed E-state index contributed by atoms with van der Waals surface area (Å²) >= 11 is 0. The predicted molar refractivity (Wildman–Crippen MR) is 88.5 cm³/mol. The Hall–Kier alpha value is -2.04. The van der Waals surface area contributed by atoms with Gasteiger partial charge < -0.3 is 4.74 Å². The number of carbonyl (C=O) groups excluding carboxylic acids is 1. The molecule has 0 fully saturated rings. The van der Waals surface area contributed by atoms with E-state index in [9.17, 15) is 13.6 Å². The fourth-order valence-corrected chi connectivity index (χ4v) is 1.93. The summed E-state index contributed by atoms with van der Waals surface area (Å²) in [6.07, 6.45) is 2.78. The molecule has 0 bridgehead atoms. The molecule has 0 spiro atoms. The van der Waals surface area contributed by atoms with Crippen LogP contribution in [0.1, 0.15) is 33.1 Å². The van der Waals surface area contributed by atoms with Crippen LogP contribution in [0.15, 0.2) is 47.0 Å². The van der Waals surface area contributed by atoms with Gasteiger partial charge in [0.15, 0.2) is 0 Å². The highest BCUT2D eigenvalue weighted by Gasteiger charge is 2.38. The first-order chi connectivity index (χ1) is 11.0. The summed E-state index contributed by atoms with van der Waals surface area (Å²) in [4.78, 5) is 15.7. The number of ether oxygens (including phenoxy) is 1. The number of benzene rings is 1. The Bertz CT molecular complexity index is 539. The number of unbranched alkanes of at least 4 members (excludes halogenated alkanes) is 1. The second-order valence-electron chi connectivity index (χ2n) is 5.02. The number of nitrogens with zero attached hydrogens (tertiary/aromatic N) is 1. The number of hydrogen-bond acceptors (Lipinski definition) is 3. The third-order valence-corrected chi connectivity index (χ3v) is 3.22. The molecule has 0 heterocycles. The SMILES string of the molecule is C/C=C(\C=N/CC)C(=O)C(F)(F)CCCCOc1ccccc1. The molecule has 0 saturated carbocycles. The Balaban J connectivity index is 2.39. The molecule has 0 saturated heterocycles. The lowest BCUT2D eigenvalue weighted by atomic mass is 10.0. The molecular weight excluding hydrogens is 300 g/mol. The lowest BCUT2D eigenvalue weighted by molar-refractivity contribution is -0.139. The Morgan fingerprint density at radius 2 is 1.96 bits per heavy atom. The van der Waals surface area contributed by atoms with Gasteiger partial charge in [-0.2, -0.15) is 8.78 Å². The van der Waals surface area contributed by atoms with Crippen LogP contribution in [-0.2, 0) is 4.79 Å². The van der Waals surface area contributed by atoms with Crippen LogP contribution in [-0.4, -0.2) is 31.1 Å². The smallest absolute Gasteiger partial charge is 0.309 e. The molecule has 0 aliphatic heterocycles. The number of halogens is 2. The molecule has 0 aliphatic carbocycles. The number of carbonyl (C=O) groups is 1. The maximum atomic E-state index is 13.9. The molecule has 23 heavy (non-hydrogen) atoms. The minimum absolute atomic E-state index is 0.0441. The highest BCUT2D eigenvalue weighted by Crippen LogP contribution is 2.25. The number of aliphatic imine (C=N–C) groups is 1. The van der Waals surface area contributed by atoms with E-state index in [1.807, 2.05) is 30.3 Å². The average Bonchev–Trinajstić information content (AvgIpc) is 2.56. The van der Waals surface area contributed by atoms with Gasteiger partial charge in [-0.25, -0.2) is 0 Å². The van der Waals surface area contributed by atoms with Crippen molar-refractivity contribution in [2.75, 3.05) is 13.2 Å². The third kappa shape index (κ3) is 6.72. The molecule has 0 unspecified atom stereocenters. The molecular formula is C18H23F2NO2. The van der Waals surface area contributed by atoms with E-state index < -0.39 is 18.1 Å². The van der Waals surface area contributed by atoms with E-state index in [4.69, 9.17) is 4.74 Å². The van der Waals surface area contributed by atoms with E-state index in [-0.39, 0.29) is 12.0 Å². The van der Waals surface area contributed by atoms with Crippen LogP contribution in [0.5, 0.6) is 5.75 Å². The first kappa shape index (κ1) is 19.0. The van der Waals surface area contributed by atoms with Gasteiger partial charge in [-0.3, -0.25) is 9.79 Å². The summed E-state index contributed by atoms with van der Waals surface area (Å²) in [5.74, 6) is -3.82. The van der Waals surface area contributed by atoms with Crippen molar-refractivity contribution in [1.29, 1.82) is 0 Å². The van der Waals surface area contributed by atoms with E-state index in [1.165, 1.54) is 12.3 Å². The van der Waals surface area contributed by atoms with Crippen molar-refractivity contribution in [2.45, 2.75) is 39.0 Å². The fourth-order valence-electron chi connectivity index (χ4n) is 1.93. The molecule has 126 valence electrons. The number of ketones is 1. The molecule has 0 N–H and O–H groups in total. The van der Waals surface area contributed by atoms with Crippen molar-refractivity contribution in [2.24, 2.45) is 4.99 Å². The lowest BCUT2D eigenvalue weighted by Gasteiger charge is -2.15. The van der Waals surface area contributed by atoms with Crippen LogP contribution in [0.25, 0.3) is 0 Å². The second-order valence-corrected chi connectivity index (χ2v) is 5.02. The van der Waals surface area contributed by atoms with Gasteiger partial charge in [-0.1, -0.05) is 24.3 Å². The molecule has 5 heteroatoms. The van der Waals surface area contributed by atoms with E-state index in [0.29, 0.717) is 25.3 Å². The zero-order chi connectivity index (χ0) is 17.1. The molecule has 0 radical (unpaired) electrons. The van der Waals surface area contributed by atoms with Crippen molar-refractivity contribution in [3.8, 4) is 5.75 Å². The van der Waals surface area contributed by atoms with Crippen LogP contribution < -0.4 is 4.74 Å². The molecule has 1 aromatic carbocycles. The van der Waals surface area contributed by atoms with Crippen molar-refractivity contribution >= 4 is 12.0 Å². The minimum Gasteiger partial charge on any atom is -0.494 e. The van der Waals surface area contributed by atoms with Crippen molar-refractivity contribution in [1.82, 2.24) is 0 Å². The molecule has 1 aromatic rings. The molecule has 0 aromatic heterocycles. The summed E-state index contributed by atoms with van der Waals surface area (Å²) in [7, 11) is 0. The molecule has 0 atom stereocenters. The number of alkyl halides is 2. The third-order valence-electron chi connectivity index (χ3n) is 3.22. The summed E-state index contributed by atoms with van der Waals surface area (Å²) in [6, 6.07) is 9.18. The standard InChI is InChI=1S/C18H23F2NO2/c1-3-15(14-21-4-2)17(22)18(19,20)12-8-9-13-23-16-10-6-5-7-11-16/h3,5-7,10-11,14H,4,8-9,12-13H2,1-2H3/b15-3+,21-14-. The maximum Gasteiger partial charge on any atom is 0.309 e. The first-order valence-electron chi connectivity index (χ1n) is 7.78. The maximum absolute atomic E-state index is 13.9. The summed E-state index contributed by atoms with van der Waals surface area (Å²) in [6.45, 7) is 4.13. The molecule has 3 nitrogen and oxygen atoms in total. The van der Waals surface area contributed by atoms with Crippen LogP contribution in [0.3, 0.4) is 0 Å². The van der Waals surface area contributed by atoms with Crippen LogP contribution in [0.2, 0.25) is 0 Å². The van der Waals surface area contributed by atoms with Crippen molar-refractivity contribution in [3.05, 3.63) is 42.0 Å². The van der Waals surface area contributed by atoms with Crippen molar-refractivity contribution < 1.29 is 18.3 Å². The van der Waals surface area contributed by atoms with Crippen LogP contribution in [0.4, 0.5) is 8.78 Å². The predicted octanol–water partition coefficient (Wildman–Crippen LogP) is 4.48. The van der Waals surface area contributed by atoms with Crippen LogP contribution in [0, 0.1) is 0 Å². The Morgan fingerprint density at radius 3 is 2.57 bits per heavy atom. The van der Waals surface area contributed by atoms with E-state index in [1.54, 1.807) is 13.8 Å². The first-order valence-corrected chi connectivity index (χ1v) is 7.78. The quantitative estimate of drug-likeness (QED) is 0.362.